The first-order chi connectivity index (χ1) is 10.3. The molecule has 0 saturated heterocycles. The van der Waals surface area contributed by atoms with E-state index in [1.54, 1.807) is 0 Å². The number of fused-ring (bicyclic) bond motifs is 1. The Morgan fingerprint density at radius 3 is 2.67 bits per heavy atom. The summed E-state index contributed by atoms with van der Waals surface area (Å²) >= 11 is 0. The summed E-state index contributed by atoms with van der Waals surface area (Å²) in [5.41, 5.74) is 3.22. The van der Waals surface area contributed by atoms with Crippen molar-refractivity contribution in [2.45, 2.75) is 19.9 Å². The van der Waals surface area contributed by atoms with E-state index in [1.807, 2.05) is 37.6 Å². The fourth-order valence-corrected chi connectivity index (χ4v) is 2.39. The predicted octanol–water partition coefficient (Wildman–Crippen LogP) is 3.03. The summed E-state index contributed by atoms with van der Waals surface area (Å²) < 4.78 is 0. The molecule has 1 atom stereocenters. The Labute approximate surface area is 124 Å². The van der Waals surface area contributed by atoms with Gasteiger partial charge in [-0.25, -0.2) is 9.97 Å². The Hall–Kier alpha value is -2.33. The molecule has 0 fully saturated rings. The van der Waals surface area contributed by atoms with E-state index in [9.17, 15) is 0 Å². The summed E-state index contributed by atoms with van der Waals surface area (Å²) in [7, 11) is 0. The lowest BCUT2D eigenvalue weighted by Gasteiger charge is -2.17. The first-order valence-corrected chi connectivity index (χ1v) is 7.14. The van der Waals surface area contributed by atoms with Crippen LogP contribution >= 0.6 is 0 Å². The molecule has 0 bridgehead atoms. The van der Waals surface area contributed by atoms with Crippen LogP contribution in [0.25, 0.3) is 10.9 Å². The molecule has 2 heterocycles. The smallest absolute Gasteiger partial charge is 0.149 e. The van der Waals surface area contributed by atoms with Crippen molar-refractivity contribution in [2.75, 3.05) is 6.54 Å². The maximum Gasteiger partial charge on any atom is 0.149 e. The Morgan fingerprint density at radius 2 is 1.90 bits per heavy atom. The number of aromatic nitrogens is 3. The summed E-state index contributed by atoms with van der Waals surface area (Å²) in [6.07, 6.45) is 5.53. The fraction of sp³-hybridized carbons (Fsp3) is 0.235. The van der Waals surface area contributed by atoms with E-state index in [2.05, 4.69) is 45.4 Å². The molecule has 0 aliphatic carbocycles. The summed E-state index contributed by atoms with van der Waals surface area (Å²) in [5.74, 6) is 0.797. The number of aryl methyl sites for hydroxylation is 1. The van der Waals surface area contributed by atoms with Gasteiger partial charge in [0, 0.05) is 24.0 Å². The van der Waals surface area contributed by atoms with Crippen molar-refractivity contribution in [2.24, 2.45) is 0 Å². The van der Waals surface area contributed by atoms with Gasteiger partial charge in [-0.05, 0) is 42.8 Å². The first kappa shape index (κ1) is 13.6. The van der Waals surface area contributed by atoms with Gasteiger partial charge in [0.2, 0.25) is 0 Å². The third kappa shape index (κ3) is 2.90. The molecule has 1 N–H and O–H groups in total. The van der Waals surface area contributed by atoms with Crippen molar-refractivity contribution in [3.05, 3.63) is 65.9 Å². The Balaban J connectivity index is 2.04. The number of hydrogen-bond acceptors (Lipinski definition) is 4. The van der Waals surface area contributed by atoms with Gasteiger partial charge in [-0.2, -0.15) is 0 Å². The zero-order valence-electron chi connectivity index (χ0n) is 12.2. The monoisotopic (exact) mass is 278 g/mol. The van der Waals surface area contributed by atoms with Gasteiger partial charge in [-0.15, -0.1) is 0 Å². The largest absolute Gasteiger partial charge is 0.304 e. The lowest BCUT2D eigenvalue weighted by Crippen LogP contribution is -2.24. The van der Waals surface area contributed by atoms with Crippen molar-refractivity contribution in [3.8, 4) is 0 Å². The van der Waals surface area contributed by atoms with Crippen LogP contribution in [0.5, 0.6) is 0 Å². The van der Waals surface area contributed by atoms with Crippen molar-refractivity contribution < 1.29 is 0 Å². The second kappa shape index (κ2) is 5.97. The normalized spacial score (nSPS) is 12.5. The second-order valence-corrected chi connectivity index (χ2v) is 5.06. The van der Waals surface area contributed by atoms with Gasteiger partial charge in [0.05, 0.1) is 11.6 Å². The quantitative estimate of drug-likeness (QED) is 0.797. The highest BCUT2D eigenvalue weighted by Crippen LogP contribution is 2.22. The van der Waals surface area contributed by atoms with Crippen molar-refractivity contribution in [3.63, 3.8) is 0 Å². The van der Waals surface area contributed by atoms with Crippen LogP contribution in [-0.4, -0.2) is 21.5 Å². The Bertz CT molecular complexity index is 737. The highest BCUT2D eigenvalue weighted by Gasteiger charge is 2.16. The molecule has 106 valence electrons. The average molecular weight is 278 g/mol. The number of nitrogens with one attached hydrogen (secondary N) is 1. The van der Waals surface area contributed by atoms with E-state index >= 15 is 0 Å². The Kier molecular flexibility index (Phi) is 3.88. The lowest BCUT2D eigenvalue weighted by molar-refractivity contribution is 0.597. The first-order valence-electron chi connectivity index (χ1n) is 7.14. The van der Waals surface area contributed by atoms with E-state index in [1.165, 1.54) is 0 Å². The number of benzene rings is 1. The van der Waals surface area contributed by atoms with Crippen LogP contribution in [0.3, 0.4) is 0 Å². The van der Waals surface area contributed by atoms with Crippen molar-refractivity contribution in [1.82, 2.24) is 20.3 Å². The van der Waals surface area contributed by atoms with E-state index < -0.39 is 0 Å². The number of pyridine rings is 1. The van der Waals surface area contributed by atoms with Crippen LogP contribution in [0, 0.1) is 6.92 Å². The van der Waals surface area contributed by atoms with Crippen LogP contribution in [0.4, 0.5) is 0 Å². The molecule has 0 aliphatic rings. The van der Waals surface area contributed by atoms with Gasteiger partial charge >= 0.3 is 0 Å². The molecule has 21 heavy (non-hydrogen) atoms. The maximum absolute atomic E-state index is 4.46. The van der Waals surface area contributed by atoms with Crippen molar-refractivity contribution >= 4 is 10.9 Å². The van der Waals surface area contributed by atoms with Crippen LogP contribution in [-0.2, 0) is 0 Å². The van der Waals surface area contributed by atoms with E-state index in [4.69, 9.17) is 0 Å². The summed E-state index contributed by atoms with van der Waals surface area (Å²) in [6, 6.07) is 10.3. The standard InChI is InChI=1S/C17H18N4/c1-3-18-16(17-20-10-12(2)11-21-17)14-6-7-15-13(9-14)5-4-8-19-15/h4-11,16,18H,3H2,1-2H3. The number of rotatable bonds is 4. The minimum atomic E-state index is 0.000191. The Morgan fingerprint density at radius 1 is 1.10 bits per heavy atom. The molecule has 0 aliphatic heterocycles. The SMILES string of the molecule is CCNC(c1ccc2ncccc2c1)c1ncc(C)cn1. The summed E-state index contributed by atoms with van der Waals surface area (Å²) in [5, 5.41) is 4.58. The molecule has 4 heteroatoms. The van der Waals surface area contributed by atoms with Crippen molar-refractivity contribution in [1.29, 1.82) is 0 Å². The van der Waals surface area contributed by atoms with Crippen LogP contribution in [0.2, 0.25) is 0 Å². The summed E-state index contributed by atoms with van der Waals surface area (Å²) in [4.78, 5) is 13.3. The van der Waals surface area contributed by atoms with E-state index in [0.717, 1.165) is 34.4 Å². The van der Waals surface area contributed by atoms with Gasteiger partial charge in [-0.1, -0.05) is 19.1 Å². The van der Waals surface area contributed by atoms with E-state index in [-0.39, 0.29) is 6.04 Å². The zero-order chi connectivity index (χ0) is 14.7. The van der Waals surface area contributed by atoms with Crippen LogP contribution in [0.1, 0.15) is 29.9 Å². The molecule has 2 aromatic heterocycles. The molecule has 0 radical (unpaired) electrons. The summed E-state index contributed by atoms with van der Waals surface area (Å²) in [6.45, 7) is 4.94. The highest BCUT2D eigenvalue weighted by atomic mass is 15.0. The number of hydrogen-bond donors (Lipinski definition) is 1. The topological polar surface area (TPSA) is 50.7 Å². The molecule has 3 aromatic rings. The average Bonchev–Trinajstić information content (AvgIpc) is 2.53. The maximum atomic E-state index is 4.46. The third-order valence-electron chi connectivity index (χ3n) is 3.43. The number of nitrogens with zero attached hydrogens (tertiary/aromatic N) is 3. The molecular formula is C17H18N4. The molecular weight excluding hydrogens is 260 g/mol. The molecule has 1 unspecified atom stereocenters. The van der Waals surface area contributed by atoms with E-state index in [0.29, 0.717) is 0 Å². The van der Waals surface area contributed by atoms with Crippen LogP contribution < -0.4 is 5.32 Å². The zero-order valence-corrected chi connectivity index (χ0v) is 12.2. The highest BCUT2D eigenvalue weighted by molar-refractivity contribution is 5.79. The van der Waals surface area contributed by atoms with Gasteiger partial charge in [0.25, 0.3) is 0 Å². The predicted molar refractivity (Wildman–Crippen MR) is 84.0 cm³/mol. The lowest BCUT2D eigenvalue weighted by atomic mass is 10.0. The van der Waals surface area contributed by atoms with Crippen LogP contribution in [0.15, 0.2) is 48.9 Å². The third-order valence-corrected chi connectivity index (χ3v) is 3.43. The minimum Gasteiger partial charge on any atom is -0.304 e. The second-order valence-electron chi connectivity index (χ2n) is 5.06. The molecule has 0 spiro atoms. The molecule has 3 rings (SSSR count). The molecule has 1 aromatic carbocycles. The van der Waals surface area contributed by atoms with Gasteiger partial charge in [0.1, 0.15) is 5.82 Å². The molecule has 4 nitrogen and oxygen atoms in total. The van der Waals surface area contributed by atoms with Gasteiger partial charge in [-0.3, -0.25) is 4.98 Å². The molecule has 0 saturated carbocycles. The minimum absolute atomic E-state index is 0.000191. The fourth-order valence-electron chi connectivity index (χ4n) is 2.39. The molecule has 0 amide bonds. The van der Waals surface area contributed by atoms with Gasteiger partial charge < -0.3 is 5.32 Å². The van der Waals surface area contributed by atoms with Gasteiger partial charge in [0.15, 0.2) is 0 Å².